The monoisotopic (exact) mass is 429 g/mol. The number of amides is 2. The number of fused-ring (bicyclic) bond motifs is 1. The first kappa shape index (κ1) is 23.2. The van der Waals surface area contributed by atoms with Crippen molar-refractivity contribution in [2.24, 2.45) is 5.10 Å². The Morgan fingerprint density at radius 3 is 2.34 bits per heavy atom. The van der Waals surface area contributed by atoms with Crippen molar-refractivity contribution in [3.63, 3.8) is 0 Å². The van der Waals surface area contributed by atoms with E-state index in [-0.39, 0.29) is 11.8 Å². The molecule has 2 N–H and O–H groups in total. The summed E-state index contributed by atoms with van der Waals surface area (Å²) in [7, 11) is 0. The van der Waals surface area contributed by atoms with Gasteiger partial charge in [-0.05, 0) is 48.4 Å². The number of unbranched alkanes of at least 4 members (excludes halogenated alkanes) is 4. The van der Waals surface area contributed by atoms with E-state index in [1.165, 1.54) is 19.3 Å². The SMILES string of the molecule is CCCCCCCC(=O)Nc1ccc(C(=O)NN=C(C)c2cccc3ccccc23)cc1. The number of nitrogens with zero attached hydrogens (tertiary/aromatic N) is 1. The number of carbonyl (C=O) groups is 2. The van der Waals surface area contributed by atoms with Gasteiger partial charge in [-0.1, -0.05) is 75.1 Å². The molecule has 0 saturated carbocycles. The zero-order valence-corrected chi connectivity index (χ0v) is 18.9. The molecule has 5 nitrogen and oxygen atoms in total. The van der Waals surface area contributed by atoms with Gasteiger partial charge in [-0.15, -0.1) is 0 Å². The highest BCUT2D eigenvalue weighted by atomic mass is 16.2. The summed E-state index contributed by atoms with van der Waals surface area (Å²) in [6.07, 6.45) is 6.10. The van der Waals surface area contributed by atoms with Crippen molar-refractivity contribution in [1.82, 2.24) is 5.43 Å². The molecule has 166 valence electrons. The van der Waals surface area contributed by atoms with Gasteiger partial charge in [0.15, 0.2) is 0 Å². The van der Waals surface area contributed by atoms with E-state index in [0.29, 0.717) is 17.7 Å². The van der Waals surface area contributed by atoms with Crippen molar-refractivity contribution in [2.45, 2.75) is 52.4 Å². The number of carbonyl (C=O) groups excluding carboxylic acids is 2. The highest BCUT2D eigenvalue weighted by Gasteiger charge is 2.08. The second-order valence-electron chi connectivity index (χ2n) is 7.95. The van der Waals surface area contributed by atoms with Crippen LogP contribution in [0.4, 0.5) is 5.69 Å². The van der Waals surface area contributed by atoms with Crippen molar-refractivity contribution >= 4 is 34.0 Å². The minimum atomic E-state index is -0.293. The average molecular weight is 430 g/mol. The van der Waals surface area contributed by atoms with Crippen LogP contribution < -0.4 is 10.7 Å². The van der Waals surface area contributed by atoms with Gasteiger partial charge in [0.2, 0.25) is 5.91 Å². The van der Waals surface area contributed by atoms with Crippen molar-refractivity contribution < 1.29 is 9.59 Å². The van der Waals surface area contributed by atoms with Gasteiger partial charge >= 0.3 is 0 Å². The molecule has 0 fully saturated rings. The fourth-order valence-corrected chi connectivity index (χ4v) is 3.62. The highest BCUT2D eigenvalue weighted by molar-refractivity contribution is 6.10. The average Bonchev–Trinajstić information content (AvgIpc) is 2.82. The lowest BCUT2D eigenvalue weighted by Crippen LogP contribution is -2.19. The molecule has 0 aliphatic heterocycles. The summed E-state index contributed by atoms with van der Waals surface area (Å²) >= 11 is 0. The summed E-state index contributed by atoms with van der Waals surface area (Å²) in [6, 6.07) is 21.0. The van der Waals surface area contributed by atoms with Crippen LogP contribution in [-0.4, -0.2) is 17.5 Å². The summed E-state index contributed by atoms with van der Waals surface area (Å²) in [4.78, 5) is 24.6. The van der Waals surface area contributed by atoms with Crippen LogP contribution in [0.1, 0.15) is 68.3 Å². The molecule has 0 atom stereocenters. The molecule has 32 heavy (non-hydrogen) atoms. The molecule has 0 bridgehead atoms. The van der Waals surface area contributed by atoms with Crippen molar-refractivity contribution in [2.75, 3.05) is 5.32 Å². The summed E-state index contributed by atoms with van der Waals surface area (Å²) < 4.78 is 0. The van der Waals surface area contributed by atoms with E-state index in [9.17, 15) is 9.59 Å². The Labute approximate surface area is 189 Å². The molecule has 5 heteroatoms. The van der Waals surface area contributed by atoms with Gasteiger partial charge in [-0.2, -0.15) is 5.10 Å². The van der Waals surface area contributed by atoms with Crippen LogP contribution in [0.2, 0.25) is 0 Å². The second kappa shape index (κ2) is 11.8. The zero-order chi connectivity index (χ0) is 22.8. The van der Waals surface area contributed by atoms with Crippen LogP contribution in [0.15, 0.2) is 71.8 Å². The Bertz CT molecular complexity index is 1080. The van der Waals surface area contributed by atoms with Crippen molar-refractivity contribution in [3.05, 3.63) is 77.9 Å². The van der Waals surface area contributed by atoms with Crippen molar-refractivity contribution in [1.29, 1.82) is 0 Å². The van der Waals surface area contributed by atoms with E-state index in [0.717, 1.165) is 34.9 Å². The topological polar surface area (TPSA) is 70.6 Å². The Morgan fingerprint density at radius 1 is 0.844 bits per heavy atom. The number of hydrazone groups is 1. The normalized spacial score (nSPS) is 11.4. The lowest BCUT2D eigenvalue weighted by atomic mass is 10.0. The minimum absolute atomic E-state index is 0.00834. The number of hydrogen-bond acceptors (Lipinski definition) is 3. The van der Waals surface area contributed by atoms with Gasteiger partial charge in [-0.25, -0.2) is 5.43 Å². The largest absolute Gasteiger partial charge is 0.326 e. The third kappa shape index (κ3) is 6.51. The second-order valence-corrected chi connectivity index (χ2v) is 7.95. The number of hydrogen-bond donors (Lipinski definition) is 2. The third-order valence-corrected chi connectivity index (χ3v) is 5.44. The predicted octanol–water partition coefficient (Wildman–Crippen LogP) is 6.29. The number of anilines is 1. The predicted molar refractivity (Wildman–Crippen MR) is 132 cm³/mol. The van der Waals surface area contributed by atoms with Crippen molar-refractivity contribution in [3.8, 4) is 0 Å². The van der Waals surface area contributed by atoms with Crippen LogP contribution in [-0.2, 0) is 4.79 Å². The molecular formula is C27H31N3O2. The molecule has 0 saturated heterocycles. The Balaban J connectivity index is 1.55. The standard InChI is InChI=1S/C27H31N3O2/c1-3-4-5-6-7-15-26(31)28-23-18-16-22(17-19-23)27(32)30-29-20(2)24-14-10-12-21-11-8-9-13-25(21)24/h8-14,16-19H,3-7,15H2,1-2H3,(H,28,31)(H,30,32). The van der Waals surface area contributed by atoms with Crippen LogP contribution in [0, 0.1) is 0 Å². The van der Waals surface area contributed by atoms with E-state index in [1.54, 1.807) is 24.3 Å². The highest BCUT2D eigenvalue weighted by Crippen LogP contribution is 2.19. The fraction of sp³-hybridized carbons (Fsp3) is 0.296. The van der Waals surface area contributed by atoms with Gasteiger partial charge in [0.05, 0.1) is 5.71 Å². The summed E-state index contributed by atoms with van der Waals surface area (Å²) in [5, 5.41) is 9.41. The van der Waals surface area contributed by atoms with E-state index in [1.807, 2.05) is 37.3 Å². The van der Waals surface area contributed by atoms with Gasteiger partial charge in [0.1, 0.15) is 0 Å². The Morgan fingerprint density at radius 2 is 1.56 bits per heavy atom. The van der Waals surface area contributed by atoms with Gasteiger partial charge in [-0.3, -0.25) is 9.59 Å². The molecule has 0 heterocycles. The molecule has 0 unspecified atom stereocenters. The molecule has 0 aromatic heterocycles. The molecular weight excluding hydrogens is 398 g/mol. The lowest BCUT2D eigenvalue weighted by Gasteiger charge is -2.08. The quantitative estimate of drug-likeness (QED) is 0.226. The molecule has 0 aliphatic rings. The van der Waals surface area contributed by atoms with Gasteiger partial charge < -0.3 is 5.32 Å². The maximum atomic E-state index is 12.5. The first-order valence-electron chi connectivity index (χ1n) is 11.3. The molecule has 0 spiro atoms. The molecule has 2 amide bonds. The molecule has 0 aliphatic carbocycles. The smallest absolute Gasteiger partial charge is 0.271 e. The zero-order valence-electron chi connectivity index (χ0n) is 18.9. The molecule has 3 aromatic carbocycles. The van der Waals surface area contributed by atoms with E-state index in [4.69, 9.17) is 0 Å². The van der Waals surface area contributed by atoms with Crippen LogP contribution in [0.3, 0.4) is 0 Å². The Kier molecular flexibility index (Phi) is 8.55. The Hall–Kier alpha value is -3.47. The minimum Gasteiger partial charge on any atom is -0.326 e. The van der Waals surface area contributed by atoms with E-state index >= 15 is 0 Å². The van der Waals surface area contributed by atoms with Gasteiger partial charge in [0, 0.05) is 23.2 Å². The maximum absolute atomic E-state index is 12.5. The first-order chi connectivity index (χ1) is 15.6. The summed E-state index contributed by atoms with van der Waals surface area (Å²) in [6.45, 7) is 4.05. The molecule has 3 rings (SSSR count). The first-order valence-corrected chi connectivity index (χ1v) is 11.3. The van der Waals surface area contributed by atoms with Crippen LogP contribution in [0.5, 0.6) is 0 Å². The van der Waals surface area contributed by atoms with E-state index in [2.05, 4.69) is 34.9 Å². The van der Waals surface area contributed by atoms with Crippen LogP contribution >= 0.6 is 0 Å². The number of nitrogens with one attached hydrogen (secondary N) is 2. The molecule has 3 aromatic rings. The van der Waals surface area contributed by atoms with Gasteiger partial charge in [0.25, 0.3) is 5.91 Å². The summed E-state index contributed by atoms with van der Waals surface area (Å²) in [5.41, 5.74) is 5.52. The summed E-state index contributed by atoms with van der Waals surface area (Å²) in [5.74, 6) is -0.285. The van der Waals surface area contributed by atoms with Crippen LogP contribution in [0.25, 0.3) is 10.8 Å². The lowest BCUT2D eigenvalue weighted by molar-refractivity contribution is -0.116. The molecule has 0 radical (unpaired) electrons. The maximum Gasteiger partial charge on any atom is 0.271 e. The number of rotatable bonds is 10. The fourth-order valence-electron chi connectivity index (χ4n) is 3.62. The third-order valence-electron chi connectivity index (χ3n) is 5.44. The van der Waals surface area contributed by atoms with E-state index < -0.39 is 0 Å². The number of benzene rings is 3.